The van der Waals surface area contributed by atoms with Gasteiger partial charge in [-0.3, -0.25) is 14.3 Å². The molecule has 0 amide bonds. The quantitative estimate of drug-likeness (QED) is 0.865. The molecule has 0 aromatic carbocycles. The van der Waals surface area contributed by atoms with Gasteiger partial charge < -0.3 is 0 Å². The molecule has 0 saturated heterocycles. The Morgan fingerprint density at radius 2 is 2.28 bits per heavy atom. The van der Waals surface area contributed by atoms with Crippen molar-refractivity contribution in [2.24, 2.45) is 0 Å². The van der Waals surface area contributed by atoms with E-state index in [2.05, 4.69) is 9.97 Å². The molecule has 2 aromatic heterocycles. The van der Waals surface area contributed by atoms with Crippen LogP contribution < -0.4 is 11.2 Å². The van der Waals surface area contributed by atoms with Crippen LogP contribution >= 0.6 is 22.9 Å². The van der Waals surface area contributed by atoms with E-state index in [1.807, 2.05) is 12.3 Å². The molecule has 1 N–H and O–H groups in total. The summed E-state index contributed by atoms with van der Waals surface area (Å²) in [6.45, 7) is 2.14. The summed E-state index contributed by atoms with van der Waals surface area (Å²) in [5.41, 5.74) is -0.350. The summed E-state index contributed by atoms with van der Waals surface area (Å²) < 4.78 is 1.17. The Morgan fingerprint density at radius 1 is 1.50 bits per heavy atom. The molecule has 7 heteroatoms. The Hall–Kier alpha value is -1.40. The van der Waals surface area contributed by atoms with Gasteiger partial charge in [0.15, 0.2) is 0 Å². The average molecular weight is 286 g/mol. The van der Waals surface area contributed by atoms with Crippen LogP contribution in [0, 0.1) is 0 Å². The first-order valence-corrected chi connectivity index (χ1v) is 6.79. The zero-order valence-electron chi connectivity index (χ0n) is 9.77. The van der Waals surface area contributed by atoms with E-state index >= 15 is 0 Å². The highest BCUT2D eigenvalue weighted by Gasteiger charge is 2.11. The van der Waals surface area contributed by atoms with Gasteiger partial charge in [-0.1, -0.05) is 18.5 Å². The van der Waals surface area contributed by atoms with E-state index in [1.54, 1.807) is 6.20 Å². The van der Waals surface area contributed by atoms with E-state index in [1.165, 1.54) is 15.9 Å². The monoisotopic (exact) mass is 285 g/mol. The standard InChI is InChI=1S/C11H12ClN3O2S/c1-2-7-9(12)14-11(17)15(10(7)16)5-3-8-13-4-6-18-8/h4,6H,2-3,5H2,1H3,(H,14,17). The minimum atomic E-state index is -0.473. The molecule has 0 saturated carbocycles. The summed E-state index contributed by atoms with van der Waals surface area (Å²) >= 11 is 7.33. The predicted octanol–water partition coefficient (Wildman–Crippen LogP) is 1.45. The Labute approximate surface area is 112 Å². The lowest BCUT2D eigenvalue weighted by Gasteiger charge is -2.06. The number of nitrogens with zero attached hydrogens (tertiary/aromatic N) is 2. The lowest BCUT2D eigenvalue weighted by atomic mass is 10.2. The molecule has 2 heterocycles. The molecule has 0 unspecified atom stereocenters. The fourth-order valence-electron chi connectivity index (χ4n) is 1.68. The van der Waals surface area contributed by atoms with Crippen molar-refractivity contribution in [3.63, 3.8) is 0 Å². The maximum absolute atomic E-state index is 12.0. The number of halogens is 1. The fraction of sp³-hybridized carbons (Fsp3) is 0.364. The normalized spacial score (nSPS) is 10.8. The zero-order chi connectivity index (χ0) is 13.1. The van der Waals surface area contributed by atoms with Crippen LogP contribution in [-0.2, 0) is 19.4 Å². The SMILES string of the molecule is CCc1c(Cl)[nH]c(=O)n(CCc2nccs2)c1=O. The van der Waals surface area contributed by atoms with Gasteiger partial charge in [-0.25, -0.2) is 9.78 Å². The average Bonchev–Trinajstić information content (AvgIpc) is 2.81. The summed E-state index contributed by atoms with van der Waals surface area (Å²) in [5, 5.41) is 2.90. The second kappa shape index (κ2) is 5.49. The van der Waals surface area contributed by atoms with E-state index in [9.17, 15) is 9.59 Å². The molecule has 2 rings (SSSR count). The number of rotatable bonds is 4. The molecule has 18 heavy (non-hydrogen) atoms. The fourth-order valence-corrected chi connectivity index (χ4v) is 2.58. The van der Waals surface area contributed by atoms with Crippen molar-refractivity contribution in [3.8, 4) is 0 Å². The van der Waals surface area contributed by atoms with Crippen molar-refractivity contribution >= 4 is 22.9 Å². The molecule has 5 nitrogen and oxygen atoms in total. The summed E-state index contributed by atoms with van der Waals surface area (Å²) in [4.78, 5) is 30.3. The van der Waals surface area contributed by atoms with Crippen molar-refractivity contribution in [3.05, 3.63) is 48.1 Å². The third-order valence-corrected chi connectivity index (χ3v) is 3.78. The number of H-pyrrole nitrogens is 1. The van der Waals surface area contributed by atoms with Gasteiger partial charge >= 0.3 is 5.69 Å². The van der Waals surface area contributed by atoms with Crippen LogP contribution in [0.2, 0.25) is 5.15 Å². The zero-order valence-corrected chi connectivity index (χ0v) is 11.3. The van der Waals surface area contributed by atoms with E-state index in [4.69, 9.17) is 11.6 Å². The van der Waals surface area contributed by atoms with E-state index in [0.29, 0.717) is 24.9 Å². The lowest BCUT2D eigenvalue weighted by molar-refractivity contribution is 0.618. The van der Waals surface area contributed by atoms with Crippen LogP contribution in [0.4, 0.5) is 0 Å². The molecule has 96 valence electrons. The lowest BCUT2D eigenvalue weighted by Crippen LogP contribution is -2.37. The minimum Gasteiger partial charge on any atom is -0.297 e. The molecular weight excluding hydrogens is 274 g/mol. The number of thiazole rings is 1. The second-order valence-electron chi connectivity index (χ2n) is 3.71. The Balaban J connectivity index is 2.33. The van der Waals surface area contributed by atoms with Gasteiger partial charge in [0, 0.05) is 24.5 Å². The molecule has 0 bridgehead atoms. The maximum atomic E-state index is 12.0. The van der Waals surface area contributed by atoms with E-state index < -0.39 is 5.69 Å². The molecule has 0 aliphatic heterocycles. The van der Waals surface area contributed by atoms with Crippen LogP contribution in [0.1, 0.15) is 17.5 Å². The van der Waals surface area contributed by atoms with E-state index in [-0.39, 0.29) is 10.7 Å². The number of hydrogen-bond donors (Lipinski definition) is 1. The Morgan fingerprint density at radius 3 is 2.89 bits per heavy atom. The molecule has 0 aliphatic carbocycles. The van der Waals surface area contributed by atoms with Crippen molar-refractivity contribution in [2.45, 2.75) is 26.3 Å². The third kappa shape index (κ3) is 2.54. The van der Waals surface area contributed by atoms with Crippen molar-refractivity contribution in [2.75, 3.05) is 0 Å². The van der Waals surface area contributed by atoms with Gasteiger partial charge in [0.25, 0.3) is 5.56 Å². The third-order valence-electron chi connectivity index (χ3n) is 2.62. The first-order chi connectivity index (χ1) is 8.63. The maximum Gasteiger partial charge on any atom is 0.329 e. The number of aromatic amines is 1. The van der Waals surface area contributed by atoms with Crippen molar-refractivity contribution < 1.29 is 0 Å². The van der Waals surface area contributed by atoms with E-state index in [0.717, 1.165) is 5.01 Å². The highest BCUT2D eigenvalue weighted by molar-refractivity contribution is 7.09. The topological polar surface area (TPSA) is 67.8 Å². The van der Waals surface area contributed by atoms with Gasteiger partial charge in [0.2, 0.25) is 0 Å². The van der Waals surface area contributed by atoms with Gasteiger partial charge in [0.05, 0.1) is 10.6 Å². The van der Waals surface area contributed by atoms with Crippen LogP contribution in [0.5, 0.6) is 0 Å². The van der Waals surface area contributed by atoms with Crippen LogP contribution in [-0.4, -0.2) is 14.5 Å². The highest BCUT2D eigenvalue weighted by atomic mass is 35.5. The molecule has 2 aromatic rings. The number of hydrogen-bond acceptors (Lipinski definition) is 4. The molecular formula is C11H12ClN3O2S. The van der Waals surface area contributed by atoms with Gasteiger partial charge in [-0.05, 0) is 6.42 Å². The second-order valence-corrected chi connectivity index (χ2v) is 5.07. The minimum absolute atomic E-state index is 0.137. The highest BCUT2D eigenvalue weighted by Crippen LogP contribution is 2.07. The van der Waals surface area contributed by atoms with Crippen LogP contribution in [0.15, 0.2) is 21.2 Å². The smallest absolute Gasteiger partial charge is 0.297 e. The molecule has 0 atom stereocenters. The van der Waals surface area contributed by atoms with Gasteiger partial charge in [-0.15, -0.1) is 11.3 Å². The van der Waals surface area contributed by atoms with Crippen LogP contribution in [0.3, 0.4) is 0 Å². The summed E-state index contributed by atoms with van der Waals surface area (Å²) in [6, 6.07) is 0. The first kappa shape index (κ1) is 13.0. The number of aryl methyl sites for hydroxylation is 1. The Kier molecular flexibility index (Phi) is 3.98. The first-order valence-electron chi connectivity index (χ1n) is 5.53. The van der Waals surface area contributed by atoms with Crippen molar-refractivity contribution in [1.29, 1.82) is 0 Å². The molecule has 0 aliphatic rings. The molecule has 0 fully saturated rings. The summed E-state index contributed by atoms with van der Waals surface area (Å²) in [7, 11) is 0. The summed E-state index contributed by atoms with van der Waals surface area (Å²) in [6.07, 6.45) is 2.75. The van der Waals surface area contributed by atoms with Crippen molar-refractivity contribution in [1.82, 2.24) is 14.5 Å². The largest absolute Gasteiger partial charge is 0.329 e. The Bertz CT molecular complexity index is 645. The number of nitrogens with one attached hydrogen (secondary N) is 1. The number of aromatic nitrogens is 3. The predicted molar refractivity (Wildman–Crippen MR) is 71.5 cm³/mol. The van der Waals surface area contributed by atoms with Crippen LogP contribution in [0.25, 0.3) is 0 Å². The molecule has 0 radical (unpaired) electrons. The van der Waals surface area contributed by atoms with Gasteiger partial charge in [0.1, 0.15) is 5.15 Å². The molecule has 0 spiro atoms. The summed E-state index contributed by atoms with van der Waals surface area (Å²) in [5.74, 6) is 0. The van der Waals surface area contributed by atoms with Gasteiger partial charge in [-0.2, -0.15) is 0 Å².